The van der Waals surface area contributed by atoms with E-state index in [0.29, 0.717) is 24.5 Å². The maximum Gasteiger partial charge on any atom is 0.342 e. The summed E-state index contributed by atoms with van der Waals surface area (Å²) in [6.45, 7) is -0.113. The monoisotopic (exact) mass is 453 g/mol. The Morgan fingerprint density at radius 2 is 1.79 bits per heavy atom. The molecule has 9 heteroatoms. The molecule has 0 saturated heterocycles. The molecule has 0 radical (unpaired) electrons. The minimum absolute atomic E-state index is 0.0823. The Labute approximate surface area is 190 Å². The molecule has 0 fully saturated rings. The number of hydrogen-bond acceptors (Lipinski definition) is 7. The average Bonchev–Trinajstić information content (AvgIpc) is 2.84. The number of nitrogens with one attached hydrogen (secondary N) is 2. The zero-order chi connectivity index (χ0) is 23.6. The number of esters is 1. The first-order chi connectivity index (χ1) is 16.0. The van der Waals surface area contributed by atoms with Crippen LogP contribution in [-0.4, -0.2) is 44.2 Å². The van der Waals surface area contributed by atoms with Crippen molar-refractivity contribution in [1.29, 1.82) is 0 Å². The highest BCUT2D eigenvalue weighted by Gasteiger charge is 2.16. The van der Waals surface area contributed by atoms with Gasteiger partial charge in [-0.05, 0) is 48.4 Å². The number of carbonyl (C=O) groups excluding carboxylic acids is 2. The van der Waals surface area contributed by atoms with E-state index in [-0.39, 0.29) is 17.1 Å². The van der Waals surface area contributed by atoms with Gasteiger partial charge in [-0.2, -0.15) is 0 Å². The van der Waals surface area contributed by atoms with Crippen molar-refractivity contribution < 1.29 is 28.2 Å². The predicted octanol–water partition coefficient (Wildman–Crippen LogP) is 3.50. The number of ether oxygens (including phenoxy) is 3. The summed E-state index contributed by atoms with van der Waals surface area (Å²) in [7, 11) is 3.11. The number of methoxy groups -OCH3 is 2. The summed E-state index contributed by atoms with van der Waals surface area (Å²) in [5, 5.41) is 5.47. The van der Waals surface area contributed by atoms with Gasteiger partial charge in [0.15, 0.2) is 18.1 Å². The fourth-order valence-electron chi connectivity index (χ4n) is 3.00. The van der Waals surface area contributed by atoms with Crippen LogP contribution in [0.3, 0.4) is 0 Å². The molecule has 0 unspecified atom stereocenters. The smallest absolute Gasteiger partial charge is 0.342 e. The summed E-state index contributed by atoms with van der Waals surface area (Å²) in [4.78, 5) is 28.6. The van der Waals surface area contributed by atoms with Crippen molar-refractivity contribution in [2.24, 2.45) is 0 Å². The Morgan fingerprint density at radius 3 is 2.55 bits per heavy atom. The quantitative estimate of drug-likeness (QED) is 0.454. The van der Waals surface area contributed by atoms with Crippen LogP contribution >= 0.6 is 0 Å². The topological polar surface area (TPSA) is 98.8 Å². The van der Waals surface area contributed by atoms with Gasteiger partial charge in [0, 0.05) is 12.7 Å². The fraction of sp³-hybridized carbons (Fsp3) is 0.208. The summed E-state index contributed by atoms with van der Waals surface area (Å²) in [6.07, 6.45) is 2.01. The van der Waals surface area contributed by atoms with Crippen LogP contribution in [0.15, 0.2) is 60.8 Å². The van der Waals surface area contributed by atoms with Crippen molar-refractivity contribution in [3.63, 3.8) is 0 Å². The third-order valence-electron chi connectivity index (χ3n) is 4.67. The van der Waals surface area contributed by atoms with Crippen LogP contribution in [0.2, 0.25) is 0 Å². The first-order valence-electron chi connectivity index (χ1n) is 10.1. The normalized spacial score (nSPS) is 10.3. The second-order valence-electron chi connectivity index (χ2n) is 6.87. The van der Waals surface area contributed by atoms with E-state index in [1.807, 2.05) is 12.1 Å². The van der Waals surface area contributed by atoms with Gasteiger partial charge in [0.1, 0.15) is 17.2 Å². The van der Waals surface area contributed by atoms with E-state index < -0.39 is 24.3 Å². The third-order valence-corrected chi connectivity index (χ3v) is 4.67. The van der Waals surface area contributed by atoms with Crippen molar-refractivity contribution in [3.05, 3.63) is 77.7 Å². The second kappa shape index (κ2) is 11.5. The molecule has 33 heavy (non-hydrogen) atoms. The van der Waals surface area contributed by atoms with E-state index in [1.165, 1.54) is 24.4 Å². The van der Waals surface area contributed by atoms with E-state index in [4.69, 9.17) is 14.2 Å². The number of halogens is 1. The predicted molar refractivity (Wildman–Crippen MR) is 120 cm³/mol. The molecule has 0 aliphatic heterocycles. The van der Waals surface area contributed by atoms with Crippen LogP contribution in [-0.2, 0) is 16.0 Å². The van der Waals surface area contributed by atoms with Crippen molar-refractivity contribution in [1.82, 2.24) is 10.3 Å². The Balaban J connectivity index is 1.51. The van der Waals surface area contributed by atoms with Crippen LogP contribution in [0, 0.1) is 5.82 Å². The molecule has 3 aromatic rings. The fourth-order valence-corrected chi connectivity index (χ4v) is 3.00. The number of hydrogen-bond donors (Lipinski definition) is 2. The molecule has 8 nitrogen and oxygen atoms in total. The number of para-hydroxylation sites is 1. The van der Waals surface area contributed by atoms with Crippen molar-refractivity contribution in [2.45, 2.75) is 6.42 Å². The highest BCUT2D eigenvalue weighted by atomic mass is 19.1. The van der Waals surface area contributed by atoms with Gasteiger partial charge in [-0.1, -0.05) is 18.2 Å². The molecule has 0 spiro atoms. The van der Waals surface area contributed by atoms with Gasteiger partial charge in [0.05, 0.1) is 19.9 Å². The number of nitrogens with zero attached hydrogens (tertiary/aromatic N) is 1. The average molecular weight is 453 g/mol. The van der Waals surface area contributed by atoms with Crippen LogP contribution in [0.1, 0.15) is 15.9 Å². The Hall–Kier alpha value is -4.14. The number of benzene rings is 2. The SMILES string of the molecule is COc1ccc(CCNC(=O)COC(=O)c2cccnc2Nc2ccccc2F)cc1OC. The standard InChI is InChI=1S/C24H24FN3O5/c1-31-20-10-9-16(14-21(20)32-2)11-13-26-22(29)15-33-24(30)17-6-5-12-27-23(17)28-19-8-4-3-7-18(19)25/h3-10,12,14H,11,13,15H2,1-2H3,(H,26,29)(H,27,28). The van der Waals surface area contributed by atoms with Crippen LogP contribution in [0.4, 0.5) is 15.9 Å². The lowest BCUT2D eigenvalue weighted by Crippen LogP contribution is -2.30. The number of carbonyl (C=O) groups is 2. The second-order valence-corrected chi connectivity index (χ2v) is 6.87. The van der Waals surface area contributed by atoms with Gasteiger partial charge in [-0.25, -0.2) is 14.2 Å². The third kappa shape index (κ3) is 6.42. The number of rotatable bonds is 10. The lowest BCUT2D eigenvalue weighted by atomic mass is 10.1. The van der Waals surface area contributed by atoms with Gasteiger partial charge in [-0.3, -0.25) is 4.79 Å². The summed E-state index contributed by atoms with van der Waals surface area (Å²) < 4.78 is 29.5. The summed E-state index contributed by atoms with van der Waals surface area (Å²) in [5.74, 6) is -0.339. The number of aromatic nitrogens is 1. The summed E-state index contributed by atoms with van der Waals surface area (Å²) in [6, 6.07) is 14.5. The van der Waals surface area contributed by atoms with Gasteiger partial charge in [0.2, 0.25) is 0 Å². The lowest BCUT2D eigenvalue weighted by Gasteiger charge is -2.12. The Morgan fingerprint density at radius 1 is 1.00 bits per heavy atom. The van der Waals surface area contributed by atoms with E-state index in [9.17, 15) is 14.0 Å². The van der Waals surface area contributed by atoms with E-state index in [0.717, 1.165) is 5.56 Å². The molecule has 3 rings (SSSR count). The van der Waals surface area contributed by atoms with Gasteiger partial charge >= 0.3 is 5.97 Å². The zero-order valence-corrected chi connectivity index (χ0v) is 18.3. The molecular weight excluding hydrogens is 429 g/mol. The molecule has 172 valence electrons. The molecular formula is C24H24FN3O5. The highest BCUT2D eigenvalue weighted by molar-refractivity contribution is 5.96. The molecule has 0 atom stereocenters. The largest absolute Gasteiger partial charge is 0.493 e. The van der Waals surface area contributed by atoms with E-state index >= 15 is 0 Å². The first kappa shape index (κ1) is 23.5. The molecule has 0 aliphatic carbocycles. The molecule has 0 aliphatic rings. The van der Waals surface area contributed by atoms with Gasteiger partial charge < -0.3 is 24.8 Å². The van der Waals surface area contributed by atoms with Crippen molar-refractivity contribution >= 4 is 23.4 Å². The maximum absolute atomic E-state index is 13.9. The van der Waals surface area contributed by atoms with Crippen LogP contribution < -0.4 is 20.1 Å². The minimum atomic E-state index is -0.753. The van der Waals surface area contributed by atoms with Crippen molar-refractivity contribution in [2.75, 3.05) is 32.7 Å². The molecule has 1 heterocycles. The molecule has 0 bridgehead atoms. The number of anilines is 2. The van der Waals surface area contributed by atoms with E-state index in [2.05, 4.69) is 15.6 Å². The lowest BCUT2D eigenvalue weighted by molar-refractivity contribution is -0.124. The minimum Gasteiger partial charge on any atom is -0.493 e. The number of pyridine rings is 1. The molecule has 1 amide bonds. The molecule has 2 N–H and O–H groups in total. The molecule has 2 aromatic carbocycles. The molecule has 1 aromatic heterocycles. The Bertz CT molecular complexity index is 1120. The van der Waals surface area contributed by atoms with E-state index in [1.54, 1.807) is 38.5 Å². The molecule has 0 saturated carbocycles. The van der Waals surface area contributed by atoms with Crippen LogP contribution in [0.5, 0.6) is 11.5 Å². The Kier molecular flexibility index (Phi) is 8.18. The summed E-state index contributed by atoms with van der Waals surface area (Å²) in [5.41, 5.74) is 1.20. The summed E-state index contributed by atoms with van der Waals surface area (Å²) >= 11 is 0. The highest BCUT2D eigenvalue weighted by Crippen LogP contribution is 2.27. The maximum atomic E-state index is 13.9. The van der Waals surface area contributed by atoms with Gasteiger partial charge in [0.25, 0.3) is 5.91 Å². The van der Waals surface area contributed by atoms with Gasteiger partial charge in [-0.15, -0.1) is 0 Å². The first-order valence-corrected chi connectivity index (χ1v) is 10.1. The zero-order valence-electron chi connectivity index (χ0n) is 18.3. The van der Waals surface area contributed by atoms with Crippen LogP contribution in [0.25, 0.3) is 0 Å². The number of amides is 1. The van der Waals surface area contributed by atoms with Crippen molar-refractivity contribution in [3.8, 4) is 11.5 Å².